The summed E-state index contributed by atoms with van der Waals surface area (Å²) in [5.74, 6) is -0.553. The minimum atomic E-state index is -0.326. The summed E-state index contributed by atoms with van der Waals surface area (Å²) in [6.07, 6.45) is 2.87. The van der Waals surface area contributed by atoms with E-state index in [-0.39, 0.29) is 18.4 Å². The van der Waals surface area contributed by atoms with Crippen LogP contribution in [-0.2, 0) is 17.6 Å². The van der Waals surface area contributed by atoms with Crippen LogP contribution in [0.4, 0.5) is 0 Å². The molecule has 1 aromatic heterocycles. The Balaban J connectivity index is 1.56. The number of aromatic nitrogens is 2. The van der Waals surface area contributed by atoms with Crippen LogP contribution in [0.25, 0.3) is 5.69 Å². The van der Waals surface area contributed by atoms with Gasteiger partial charge in [-0.15, -0.1) is 0 Å². The first-order chi connectivity index (χ1) is 14.1. The first-order valence-electron chi connectivity index (χ1n) is 9.50. The van der Waals surface area contributed by atoms with E-state index in [1.807, 2.05) is 49.4 Å². The number of hydrogen-bond acceptors (Lipinski definition) is 3. The average molecular weight is 411 g/mol. The maximum Gasteiger partial charge on any atom is 0.255 e. The second-order valence-electron chi connectivity index (χ2n) is 6.52. The molecule has 0 aliphatic rings. The molecule has 1 heterocycles. The normalized spacial score (nSPS) is 10.6. The van der Waals surface area contributed by atoms with Gasteiger partial charge in [0.15, 0.2) is 0 Å². The monoisotopic (exact) mass is 410 g/mol. The number of nitrogens with zero attached hydrogens (tertiary/aromatic N) is 2. The Morgan fingerprint density at radius 3 is 2.59 bits per heavy atom. The molecule has 0 radical (unpaired) electrons. The maximum atomic E-state index is 12.6. The third-order valence-electron chi connectivity index (χ3n) is 4.49. The standard InChI is InChI=1S/C22H23ClN4O2/c1-2-20-19(14-26-27(20)18-10-6-9-17(23)13-18)22(29)25-15-21(28)24-12-11-16-7-4-3-5-8-16/h3-10,13-14H,2,11-12,15H2,1H3,(H,24,28)(H,25,29). The van der Waals surface area contributed by atoms with Crippen molar-refractivity contribution >= 4 is 23.4 Å². The van der Waals surface area contributed by atoms with Gasteiger partial charge < -0.3 is 10.6 Å². The fourth-order valence-corrected chi connectivity index (χ4v) is 3.23. The molecule has 29 heavy (non-hydrogen) atoms. The van der Waals surface area contributed by atoms with Crippen LogP contribution in [0.1, 0.15) is 28.5 Å². The predicted octanol–water partition coefficient (Wildman–Crippen LogP) is 3.18. The molecular formula is C22H23ClN4O2. The smallest absolute Gasteiger partial charge is 0.255 e. The van der Waals surface area contributed by atoms with Crippen molar-refractivity contribution in [2.45, 2.75) is 19.8 Å². The van der Waals surface area contributed by atoms with E-state index in [1.54, 1.807) is 16.8 Å². The molecule has 3 rings (SSSR count). The maximum absolute atomic E-state index is 12.6. The summed E-state index contributed by atoms with van der Waals surface area (Å²) in [5, 5.41) is 10.4. The highest BCUT2D eigenvalue weighted by Crippen LogP contribution is 2.19. The first-order valence-corrected chi connectivity index (χ1v) is 9.88. The van der Waals surface area contributed by atoms with Crippen molar-refractivity contribution in [1.82, 2.24) is 20.4 Å². The number of benzene rings is 2. The second-order valence-corrected chi connectivity index (χ2v) is 6.95. The van der Waals surface area contributed by atoms with E-state index in [0.29, 0.717) is 23.6 Å². The van der Waals surface area contributed by atoms with Crippen LogP contribution in [0.5, 0.6) is 0 Å². The van der Waals surface area contributed by atoms with Crippen LogP contribution in [0.2, 0.25) is 5.02 Å². The highest BCUT2D eigenvalue weighted by atomic mass is 35.5. The number of nitrogens with one attached hydrogen (secondary N) is 2. The lowest BCUT2D eigenvalue weighted by atomic mass is 10.1. The number of carbonyl (C=O) groups is 2. The zero-order chi connectivity index (χ0) is 20.6. The van der Waals surface area contributed by atoms with Gasteiger partial charge in [-0.1, -0.05) is 54.9 Å². The Kier molecular flexibility index (Phi) is 7.03. The Morgan fingerprint density at radius 2 is 1.86 bits per heavy atom. The third-order valence-corrected chi connectivity index (χ3v) is 4.72. The van der Waals surface area contributed by atoms with Gasteiger partial charge in [0.25, 0.3) is 5.91 Å². The van der Waals surface area contributed by atoms with E-state index in [1.165, 1.54) is 6.20 Å². The Morgan fingerprint density at radius 1 is 1.07 bits per heavy atom. The predicted molar refractivity (Wildman–Crippen MR) is 113 cm³/mol. The lowest BCUT2D eigenvalue weighted by molar-refractivity contribution is -0.120. The fraction of sp³-hybridized carbons (Fsp3) is 0.227. The summed E-state index contributed by atoms with van der Waals surface area (Å²) < 4.78 is 1.70. The molecule has 2 N–H and O–H groups in total. The molecule has 0 bridgehead atoms. The molecule has 0 saturated heterocycles. The van der Waals surface area contributed by atoms with Crippen molar-refractivity contribution in [3.63, 3.8) is 0 Å². The van der Waals surface area contributed by atoms with Gasteiger partial charge in [-0.3, -0.25) is 9.59 Å². The van der Waals surface area contributed by atoms with E-state index in [4.69, 9.17) is 11.6 Å². The molecule has 0 aliphatic carbocycles. The molecule has 0 unspecified atom stereocenters. The van der Waals surface area contributed by atoms with Crippen molar-refractivity contribution in [2.75, 3.05) is 13.1 Å². The molecular weight excluding hydrogens is 388 g/mol. The van der Waals surface area contributed by atoms with Crippen molar-refractivity contribution in [3.05, 3.63) is 82.6 Å². The van der Waals surface area contributed by atoms with Gasteiger partial charge in [0, 0.05) is 11.6 Å². The van der Waals surface area contributed by atoms with Crippen molar-refractivity contribution in [2.24, 2.45) is 0 Å². The summed E-state index contributed by atoms with van der Waals surface area (Å²) in [4.78, 5) is 24.6. The van der Waals surface area contributed by atoms with Crippen LogP contribution in [0.3, 0.4) is 0 Å². The lowest BCUT2D eigenvalue weighted by Crippen LogP contribution is -2.37. The third kappa shape index (κ3) is 5.45. The van der Waals surface area contributed by atoms with Crippen molar-refractivity contribution < 1.29 is 9.59 Å². The number of amides is 2. The molecule has 0 spiro atoms. The van der Waals surface area contributed by atoms with Gasteiger partial charge in [-0.25, -0.2) is 4.68 Å². The van der Waals surface area contributed by atoms with Gasteiger partial charge >= 0.3 is 0 Å². The summed E-state index contributed by atoms with van der Waals surface area (Å²) in [5.41, 5.74) is 3.14. The molecule has 0 fully saturated rings. The van der Waals surface area contributed by atoms with Crippen molar-refractivity contribution in [1.29, 1.82) is 0 Å². The SMILES string of the molecule is CCc1c(C(=O)NCC(=O)NCCc2ccccc2)cnn1-c1cccc(Cl)c1. The van der Waals surface area contributed by atoms with Gasteiger partial charge in [-0.2, -0.15) is 5.10 Å². The zero-order valence-electron chi connectivity index (χ0n) is 16.2. The van der Waals surface area contributed by atoms with Crippen LogP contribution in [-0.4, -0.2) is 34.7 Å². The Bertz CT molecular complexity index is 985. The second kappa shape index (κ2) is 9.89. The van der Waals surface area contributed by atoms with E-state index in [0.717, 1.165) is 23.4 Å². The number of rotatable bonds is 8. The Labute approximate surface area is 174 Å². The van der Waals surface area contributed by atoms with Gasteiger partial charge in [0.2, 0.25) is 5.91 Å². The number of hydrogen-bond donors (Lipinski definition) is 2. The zero-order valence-corrected chi connectivity index (χ0v) is 16.9. The Hall–Kier alpha value is -3.12. The van der Waals surface area contributed by atoms with Crippen molar-refractivity contribution in [3.8, 4) is 5.69 Å². The molecule has 6 nitrogen and oxygen atoms in total. The summed E-state index contributed by atoms with van der Waals surface area (Å²) >= 11 is 6.06. The highest BCUT2D eigenvalue weighted by molar-refractivity contribution is 6.30. The molecule has 0 aliphatic heterocycles. The van der Waals surface area contributed by atoms with Gasteiger partial charge in [0.05, 0.1) is 29.7 Å². The molecule has 0 saturated carbocycles. The molecule has 7 heteroatoms. The first kappa shape index (κ1) is 20.6. The van der Waals surface area contributed by atoms with E-state index >= 15 is 0 Å². The number of halogens is 1. The molecule has 3 aromatic rings. The summed E-state index contributed by atoms with van der Waals surface area (Å²) in [6, 6.07) is 17.2. The largest absolute Gasteiger partial charge is 0.354 e. The van der Waals surface area contributed by atoms with Gasteiger partial charge in [-0.05, 0) is 36.6 Å². The van der Waals surface area contributed by atoms with Crippen LogP contribution < -0.4 is 10.6 Å². The minimum Gasteiger partial charge on any atom is -0.354 e. The van der Waals surface area contributed by atoms with Crippen LogP contribution in [0, 0.1) is 0 Å². The topological polar surface area (TPSA) is 76.0 Å². The average Bonchev–Trinajstić information content (AvgIpc) is 3.17. The van der Waals surface area contributed by atoms with E-state index in [9.17, 15) is 9.59 Å². The number of carbonyl (C=O) groups excluding carboxylic acids is 2. The lowest BCUT2D eigenvalue weighted by Gasteiger charge is -2.09. The molecule has 2 aromatic carbocycles. The van der Waals surface area contributed by atoms with Crippen LogP contribution >= 0.6 is 11.6 Å². The van der Waals surface area contributed by atoms with Crippen LogP contribution in [0.15, 0.2) is 60.8 Å². The van der Waals surface area contributed by atoms with E-state index in [2.05, 4.69) is 15.7 Å². The molecule has 2 amide bonds. The molecule has 0 atom stereocenters. The highest BCUT2D eigenvalue weighted by Gasteiger charge is 2.17. The summed E-state index contributed by atoms with van der Waals surface area (Å²) in [6.45, 7) is 2.38. The summed E-state index contributed by atoms with van der Waals surface area (Å²) in [7, 11) is 0. The van der Waals surface area contributed by atoms with Gasteiger partial charge in [0.1, 0.15) is 0 Å². The molecule has 150 valence electrons. The minimum absolute atomic E-state index is 0.0842. The quantitative estimate of drug-likeness (QED) is 0.598. The fourth-order valence-electron chi connectivity index (χ4n) is 3.04. The van der Waals surface area contributed by atoms with E-state index < -0.39 is 0 Å².